The van der Waals surface area contributed by atoms with Crippen molar-refractivity contribution in [2.45, 2.75) is 51.5 Å². The fourth-order valence-electron chi connectivity index (χ4n) is 2.90. The van der Waals surface area contributed by atoms with Crippen LogP contribution in [0.2, 0.25) is 0 Å². The van der Waals surface area contributed by atoms with Crippen molar-refractivity contribution in [2.75, 3.05) is 7.05 Å². The largest absolute Gasteiger partial charge is 0.308 e. The van der Waals surface area contributed by atoms with Crippen LogP contribution < -0.4 is 5.32 Å². The first-order valence-corrected chi connectivity index (χ1v) is 7.09. The molecular weight excluding hydrogens is 222 g/mol. The molecule has 1 aromatic rings. The number of likely N-dealkylation sites (N-methyl/N-ethyl adjacent to an activating group) is 1. The van der Waals surface area contributed by atoms with E-state index in [4.69, 9.17) is 0 Å². The molecule has 100 valence electrons. The van der Waals surface area contributed by atoms with Gasteiger partial charge >= 0.3 is 0 Å². The van der Waals surface area contributed by atoms with E-state index in [0.717, 1.165) is 5.69 Å². The summed E-state index contributed by atoms with van der Waals surface area (Å²) in [7, 11) is 4.09. The minimum atomic E-state index is 0.328. The van der Waals surface area contributed by atoms with Crippen LogP contribution in [0.1, 0.15) is 56.0 Å². The predicted octanol–water partition coefficient (Wildman–Crippen LogP) is 3.27. The molecule has 3 heteroatoms. The molecule has 1 aliphatic carbocycles. The summed E-state index contributed by atoms with van der Waals surface area (Å²) < 4.78 is 2.01. The maximum Gasteiger partial charge on any atom is 0.0705 e. The van der Waals surface area contributed by atoms with Crippen LogP contribution in [0.3, 0.4) is 0 Å². The SMILES string of the molecule is CNC(C1=CCCCCCC1)c1cc(C)nn1C. The molecule has 18 heavy (non-hydrogen) atoms. The van der Waals surface area contributed by atoms with Crippen LogP contribution >= 0.6 is 0 Å². The molecule has 0 fully saturated rings. The third-order valence-corrected chi connectivity index (χ3v) is 3.82. The Balaban J connectivity index is 2.23. The molecule has 1 aliphatic rings. The van der Waals surface area contributed by atoms with Crippen LogP contribution in [-0.4, -0.2) is 16.8 Å². The normalized spacial score (nSPS) is 18.9. The summed E-state index contributed by atoms with van der Waals surface area (Å²) in [6.45, 7) is 2.06. The van der Waals surface area contributed by atoms with Crippen molar-refractivity contribution in [1.29, 1.82) is 0 Å². The molecule has 1 N–H and O–H groups in total. The lowest BCUT2D eigenvalue weighted by Crippen LogP contribution is -2.22. The number of nitrogens with zero attached hydrogens (tertiary/aromatic N) is 2. The van der Waals surface area contributed by atoms with Gasteiger partial charge in [0.05, 0.1) is 17.4 Å². The van der Waals surface area contributed by atoms with E-state index in [0.29, 0.717) is 6.04 Å². The van der Waals surface area contributed by atoms with Crippen LogP contribution in [-0.2, 0) is 7.05 Å². The Bertz CT molecular complexity index is 417. The maximum absolute atomic E-state index is 4.47. The van der Waals surface area contributed by atoms with Gasteiger partial charge in [-0.25, -0.2) is 0 Å². The second-order valence-electron chi connectivity index (χ2n) is 5.29. The van der Waals surface area contributed by atoms with E-state index < -0.39 is 0 Å². The molecule has 0 aromatic carbocycles. The number of hydrogen-bond acceptors (Lipinski definition) is 2. The van der Waals surface area contributed by atoms with Gasteiger partial charge < -0.3 is 5.32 Å². The average molecular weight is 247 g/mol. The summed E-state index contributed by atoms with van der Waals surface area (Å²) in [6.07, 6.45) is 10.3. The molecule has 1 unspecified atom stereocenters. The number of aryl methyl sites for hydroxylation is 2. The van der Waals surface area contributed by atoms with Crippen molar-refractivity contribution in [3.05, 3.63) is 29.1 Å². The molecule has 0 saturated carbocycles. The lowest BCUT2D eigenvalue weighted by Gasteiger charge is -2.22. The summed E-state index contributed by atoms with van der Waals surface area (Å²) in [5, 5.41) is 7.93. The fourth-order valence-corrected chi connectivity index (χ4v) is 2.90. The molecule has 1 atom stereocenters. The Hall–Kier alpha value is -1.09. The first-order valence-electron chi connectivity index (χ1n) is 7.09. The molecule has 0 saturated heterocycles. The zero-order valence-corrected chi connectivity index (χ0v) is 11.9. The zero-order chi connectivity index (χ0) is 13.0. The molecule has 2 rings (SSSR count). The second-order valence-corrected chi connectivity index (χ2v) is 5.29. The van der Waals surface area contributed by atoms with Crippen LogP contribution in [0.15, 0.2) is 17.7 Å². The van der Waals surface area contributed by atoms with E-state index in [9.17, 15) is 0 Å². The monoisotopic (exact) mass is 247 g/mol. The quantitative estimate of drug-likeness (QED) is 0.831. The van der Waals surface area contributed by atoms with Gasteiger partial charge in [-0.3, -0.25) is 4.68 Å². The van der Waals surface area contributed by atoms with Gasteiger partial charge in [-0.15, -0.1) is 0 Å². The van der Waals surface area contributed by atoms with Crippen molar-refractivity contribution in [3.63, 3.8) is 0 Å². The van der Waals surface area contributed by atoms with Crippen molar-refractivity contribution in [3.8, 4) is 0 Å². The highest BCUT2D eigenvalue weighted by atomic mass is 15.3. The smallest absolute Gasteiger partial charge is 0.0705 e. The molecular formula is C15H25N3. The highest BCUT2D eigenvalue weighted by Gasteiger charge is 2.19. The number of rotatable bonds is 3. The Morgan fingerprint density at radius 2 is 2.06 bits per heavy atom. The molecule has 0 amide bonds. The molecule has 3 nitrogen and oxygen atoms in total. The Labute approximate surface area is 110 Å². The Morgan fingerprint density at radius 3 is 2.72 bits per heavy atom. The molecule has 0 radical (unpaired) electrons. The number of hydrogen-bond donors (Lipinski definition) is 1. The Kier molecular flexibility index (Phi) is 4.59. The highest BCUT2D eigenvalue weighted by molar-refractivity contribution is 5.24. The molecule has 0 spiro atoms. The van der Waals surface area contributed by atoms with Gasteiger partial charge in [0.1, 0.15) is 0 Å². The third kappa shape index (κ3) is 3.02. The fraction of sp³-hybridized carbons (Fsp3) is 0.667. The van der Waals surface area contributed by atoms with Gasteiger partial charge in [-0.2, -0.15) is 5.10 Å². The number of nitrogens with one attached hydrogen (secondary N) is 1. The Morgan fingerprint density at radius 1 is 1.28 bits per heavy atom. The molecule has 1 aromatic heterocycles. The minimum absolute atomic E-state index is 0.328. The van der Waals surface area contributed by atoms with Crippen molar-refractivity contribution >= 4 is 0 Å². The van der Waals surface area contributed by atoms with Gasteiger partial charge in [-0.05, 0) is 45.7 Å². The second kappa shape index (κ2) is 6.19. The van der Waals surface area contributed by atoms with E-state index >= 15 is 0 Å². The molecule has 1 heterocycles. The average Bonchev–Trinajstić information content (AvgIpc) is 2.62. The summed E-state index contributed by atoms with van der Waals surface area (Å²) in [6, 6.07) is 2.52. The van der Waals surface area contributed by atoms with Crippen molar-refractivity contribution < 1.29 is 0 Å². The summed E-state index contributed by atoms with van der Waals surface area (Å²) in [4.78, 5) is 0. The van der Waals surface area contributed by atoms with E-state index in [2.05, 4.69) is 29.5 Å². The van der Waals surface area contributed by atoms with Gasteiger partial charge in [0, 0.05) is 7.05 Å². The van der Waals surface area contributed by atoms with Crippen LogP contribution in [0.25, 0.3) is 0 Å². The van der Waals surface area contributed by atoms with Gasteiger partial charge in [-0.1, -0.05) is 24.5 Å². The lowest BCUT2D eigenvalue weighted by atomic mass is 9.93. The minimum Gasteiger partial charge on any atom is -0.308 e. The van der Waals surface area contributed by atoms with Gasteiger partial charge in [0.2, 0.25) is 0 Å². The first kappa shape index (κ1) is 13.3. The van der Waals surface area contributed by atoms with Crippen molar-refractivity contribution in [2.24, 2.45) is 7.05 Å². The number of aromatic nitrogens is 2. The van der Waals surface area contributed by atoms with Crippen LogP contribution in [0.4, 0.5) is 0 Å². The van der Waals surface area contributed by atoms with Gasteiger partial charge in [0.25, 0.3) is 0 Å². The first-order chi connectivity index (χ1) is 8.72. The topological polar surface area (TPSA) is 29.9 Å². The third-order valence-electron chi connectivity index (χ3n) is 3.82. The number of allylic oxidation sites excluding steroid dienone is 1. The van der Waals surface area contributed by atoms with E-state index in [1.807, 2.05) is 18.8 Å². The van der Waals surface area contributed by atoms with E-state index in [-0.39, 0.29) is 0 Å². The summed E-state index contributed by atoms with van der Waals surface area (Å²) >= 11 is 0. The predicted molar refractivity (Wildman–Crippen MR) is 75.5 cm³/mol. The lowest BCUT2D eigenvalue weighted by molar-refractivity contribution is 0.546. The maximum atomic E-state index is 4.47. The van der Waals surface area contributed by atoms with E-state index in [1.54, 1.807) is 5.57 Å². The van der Waals surface area contributed by atoms with Crippen LogP contribution in [0.5, 0.6) is 0 Å². The van der Waals surface area contributed by atoms with Gasteiger partial charge in [0.15, 0.2) is 0 Å². The van der Waals surface area contributed by atoms with Crippen LogP contribution in [0, 0.1) is 6.92 Å². The van der Waals surface area contributed by atoms with Crippen molar-refractivity contribution in [1.82, 2.24) is 15.1 Å². The summed E-state index contributed by atoms with van der Waals surface area (Å²) in [5.41, 5.74) is 3.92. The zero-order valence-electron chi connectivity index (χ0n) is 11.9. The highest BCUT2D eigenvalue weighted by Crippen LogP contribution is 2.28. The molecule has 0 aliphatic heterocycles. The van der Waals surface area contributed by atoms with E-state index in [1.165, 1.54) is 44.2 Å². The summed E-state index contributed by atoms with van der Waals surface area (Å²) in [5.74, 6) is 0. The molecule has 0 bridgehead atoms. The standard InChI is InChI=1S/C15H25N3/c1-12-11-14(18(3)17-12)15(16-2)13-9-7-5-4-6-8-10-13/h9,11,15-16H,4-8,10H2,1-3H3.